The molecule has 380 valence electrons. The maximum Gasteiger partial charge on any atom is 0.135 e. The van der Waals surface area contributed by atoms with Crippen molar-refractivity contribution in [3.63, 3.8) is 0 Å². The second kappa shape index (κ2) is 18.9. The molecule has 2 unspecified atom stereocenters. The van der Waals surface area contributed by atoms with Crippen molar-refractivity contribution in [2.24, 2.45) is 0 Å². The number of benzene rings is 9. The standard InChI is InChI=1S/C72H46N8O/c1-2-11-52(12-3-1)79-67-23-18-47(37-58(67)60-39-49(19-25-68(60)79)54-13-4-6-15-56(54)65-43-74-30-33-77-65)48-21-27-71-62(38-48)63-41-53(22-28-72(63)81-71)80-69-24-17-46(45-9-8-10-51(35-45)64-42-73-29-32-76-64)36-59(69)61-40-50(20-26-70(61)80)55-14-5-7-16-57(55)66-44-75-31-34-78-66/h1-44,58,67H. The van der Waals surface area contributed by atoms with Gasteiger partial charge >= 0.3 is 0 Å². The Labute approximate surface area is 466 Å². The SMILES string of the molecule is C1=CC2C(C=C1c1ccc3oc4ccc(-n5c6ccc(-c7cccc(-c8cnccn8)c7)cc6c6cc(-c7ccccc7-c7cnccn7)ccc65)cc4c3c1)c1cc(-c3ccccc3-c3cnccn3)ccc1N2c1ccccc1. The van der Waals surface area contributed by atoms with E-state index in [1.54, 1.807) is 37.2 Å². The summed E-state index contributed by atoms with van der Waals surface area (Å²) in [5, 5.41) is 4.40. The highest BCUT2D eigenvalue weighted by molar-refractivity contribution is 6.13. The molecule has 0 amide bonds. The second-order valence-electron chi connectivity index (χ2n) is 20.7. The van der Waals surface area contributed by atoms with Crippen molar-refractivity contribution in [1.82, 2.24) is 34.5 Å². The van der Waals surface area contributed by atoms with E-state index >= 15 is 0 Å². The molecule has 2 aliphatic rings. The van der Waals surface area contributed by atoms with Crippen LogP contribution < -0.4 is 4.90 Å². The van der Waals surface area contributed by atoms with Gasteiger partial charge in [0.1, 0.15) is 11.2 Å². The third-order valence-corrected chi connectivity index (χ3v) is 16.2. The minimum absolute atomic E-state index is 0.0890. The number of furan rings is 1. The molecule has 9 nitrogen and oxygen atoms in total. The lowest BCUT2D eigenvalue weighted by Gasteiger charge is -2.29. The van der Waals surface area contributed by atoms with E-state index in [-0.39, 0.29) is 12.0 Å². The third-order valence-electron chi connectivity index (χ3n) is 16.2. The van der Waals surface area contributed by atoms with E-state index in [0.717, 1.165) is 122 Å². The molecule has 0 saturated carbocycles. The van der Waals surface area contributed by atoms with Crippen molar-refractivity contribution in [2.75, 3.05) is 4.90 Å². The van der Waals surface area contributed by atoms with Gasteiger partial charge in [0.15, 0.2) is 0 Å². The highest BCUT2D eigenvalue weighted by atomic mass is 16.3. The Morgan fingerprint density at radius 3 is 1.63 bits per heavy atom. The average Bonchev–Trinajstić information content (AvgIpc) is 4.40. The van der Waals surface area contributed by atoms with Gasteiger partial charge in [0, 0.05) is 98.4 Å². The Morgan fingerprint density at radius 2 is 0.938 bits per heavy atom. The molecule has 0 N–H and O–H groups in total. The van der Waals surface area contributed by atoms with Gasteiger partial charge in [0.05, 0.1) is 52.7 Å². The summed E-state index contributed by atoms with van der Waals surface area (Å²) in [4.78, 5) is 29.6. The Hall–Kier alpha value is -10.9. The molecular weight excluding hydrogens is 993 g/mol. The fourth-order valence-corrected chi connectivity index (χ4v) is 12.5. The molecule has 6 heterocycles. The Bertz CT molecular complexity index is 4840. The van der Waals surface area contributed by atoms with Crippen molar-refractivity contribution in [3.8, 4) is 72.8 Å². The lowest BCUT2D eigenvalue weighted by atomic mass is 9.85. The topological polar surface area (TPSA) is 98.6 Å². The summed E-state index contributed by atoms with van der Waals surface area (Å²) in [5.74, 6) is 0.0890. The molecule has 14 aromatic rings. The predicted octanol–water partition coefficient (Wildman–Crippen LogP) is 17.3. The van der Waals surface area contributed by atoms with Gasteiger partial charge in [0.2, 0.25) is 0 Å². The summed E-state index contributed by atoms with van der Waals surface area (Å²) in [6, 6.07) is 70.1. The Kier molecular flexibility index (Phi) is 10.8. The monoisotopic (exact) mass is 1040 g/mol. The summed E-state index contributed by atoms with van der Waals surface area (Å²) in [7, 11) is 0. The summed E-state index contributed by atoms with van der Waals surface area (Å²) < 4.78 is 9.05. The van der Waals surface area contributed by atoms with Crippen LogP contribution in [0.4, 0.5) is 11.4 Å². The summed E-state index contributed by atoms with van der Waals surface area (Å²) in [6.07, 6.45) is 23.0. The normalized spacial score (nSPS) is 14.7. The van der Waals surface area contributed by atoms with E-state index in [2.05, 4.69) is 247 Å². The van der Waals surface area contributed by atoms with E-state index in [1.807, 2.05) is 18.6 Å². The van der Waals surface area contributed by atoms with Gasteiger partial charge < -0.3 is 13.9 Å². The first kappa shape index (κ1) is 46.2. The smallest absolute Gasteiger partial charge is 0.135 e. The highest BCUT2D eigenvalue weighted by Crippen LogP contribution is 2.51. The fourth-order valence-electron chi connectivity index (χ4n) is 12.5. The first-order valence-electron chi connectivity index (χ1n) is 27.2. The number of nitrogens with zero attached hydrogens (tertiary/aromatic N) is 8. The van der Waals surface area contributed by atoms with Gasteiger partial charge in [-0.25, -0.2) is 0 Å². The molecule has 9 heteroatoms. The zero-order valence-electron chi connectivity index (χ0n) is 43.5. The van der Waals surface area contributed by atoms with Crippen molar-refractivity contribution >= 4 is 60.7 Å². The molecule has 0 radical (unpaired) electrons. The van der Waals surface area contributed by atoms with E-state index < -0.39 is 0 Å². The molecule has 1 aliphatic heterocycles. The van der Waals surface area contributed by atoms with Crippen LogP contribution in [0.2, 0.25) is 0 Å². The van der Waals surface area contributed by atoms with Gasteiger partial charge in [-0.2, -0.15) is 0 Å². The van der Waals surface area contributed by atoms with E-state index in [0.29, 0.717) is 0 Å². The zero-order valence-corrected chi connectivity index (χ0v) is 43.5. The number of hydrogen-bond acceptors (Lipinski definition) is 8. The second-order valence-corrected chi connectivity index (χ2v) is 20.7. The number of rotatable bonds is 9. The molecule has 5 aromatic heterocycles. The number of fused-ring (bicyclic) bond motifs is 9. The number of allylic oxidation sites excluding steroid dienone is 2. The quantitative estimate of drug-likeness (QED) is 0.141. The maximum atomic E-state index is 6.66. The van der Waals surface area contributed by atoms with Crippen LogP contribution in [0.25, 0.3) is 122 Å². The lowest BCUT2D eigenvalue weighted by molar-refractivity contribution is 0.669. The van der Waals surface area contributed by atoms with Crippen molar-refractivity contribution in [1.29, 1.82) is 0 Å². The van der Waals surface area contributed by atoms with Crippen molar-refractivity contribution in [3.05, 3.63) is 279 Å². The zero-order chi connectivity index (χ0) is 53.4. The minimum atomic E-state index is 0.0890. The minimum Gasteiger partial charge on any atom is -0.456 e. The molecule has 9 aromatic carbocycles. The van der Waals surface area contributed by atoms with Gasteiger partial charge in [-0.3, -0.25) is 29.9 Å². The summed E-state index contributed by atoms with van der Waals surface area (Å²) in [5.41, 5.74) is 23.2. The van der Waals surface area contributed by atoms with Crippen LogP contribution in [0.5, 0.6) is 0 Å². The largest absolute Gasteiger partial charge is 0.456 e. The van der Waals surface area contributed by atoms with E-state index in [4.69, 9.17) is 9.40 Å². The van der Waals surface area contributed by atoms with Crippen LogP contribution in [-0.4, -0.2) is 40.5 Å². The van der Waals surface area contributed by atoms with E-state index in [1.165, 1.54) is 22.5 Å². The van der Waals surface area contributed by atoms with Crippen LogP contribution in [-0.2, 0) is 0 Å². The molecule has 0 fully saturated rings. The lowest BCUT2D eigenvalue weighted by Crippen LogP contribution is -2.28. The van der Waals surface area contributed by atoms with Gasteiger partial charge in [-0.15, -0.1) is 0 Å². The summed E-state index contributed by atoms with van der Waals surface area (Å²) in [6.45, 7) is 0. The Morgan fingerprint density at radius 1 is 0.383 bits per heavy atom. The molecular formula is C72H46N8O. The van der Waals surface area contributed by atoms with Gasteiger partial charge in [-0.1, -0.05) is 127 Å². The van der Waals surface area contributed by atoms with Crippen LogP contribution >= 0.6 is 0 Å². The molecule has 0 bridgehead atoms. The molecule has 16 rings (SSSR count). The predicted molar refractivity (Wildman–Crippen MR) is 326 cm³/mol. The number of para-hydroxylation sites is 1. The number of aromatic nitrogens is 7. The van der Waals surface area contributed by atoms with Gasteiger partial charge in [0.25, 0.3) is 0 Å². The average molecular weight is 1040 g/mol. The number of hydrogen-bond donors (Lipinski definition) is 0. The maximum absolute atomic E-state index is 6.66. The Balaban J connectivity index is 0.818. The van der Waals surface area contributed by atoms with Crippen LogP contribution in [0, 0.1) is 0 Å². The first-order chi connectivity index (χ1) is 40.1. The van der Waals surface area contributed by atoms with Gasteiger partial charge in [-0.05, 0) is 135 Å². The van der Waals surface area contributed by atoms with Crippen LogP contribution in [0.1, 0.15) is 17.0 Å². The molecule has 0 saturated heterocycles. The molecule has 1 aliphatic carbocycles. The van der Waals surface area contributed by atoms with Crippen LogP contribution in [0.15, 0.2) is 273 Å². The third kappa shape index (κ3) is 7.85. The number of anilines is 2. The van der Waals surface area contributed by atoms with E-state index in [9.17, 15) is 0 Å². The highest BCUT2D eigenvalue weighted by Gasteiger charge is 2.39. The summed E-state index contributed by atoms with van der Waals surface area (Å²) >= 11 is 0. The first-order valence-corrected chi connectivity index (χ1v) is 27.2. The van der Waals surface area contributed by atoms with Crippen molar-refractivity contribution < 1.29 is 4.42 Å². The fraction of sp³-hybridized carbons (Fsp3) is 0.0278. The van der Waals surface area contributed by atoms with Crippen molar-refractivity contribution in [2.45, 2.75) is 12.0 Å². The molecule has 81 heavy (non-hydrogen) atoms. The molecule has 2 atom stereocenters. The molecule has 0 spiro atoms. The van der Waals surface area contributed by atoms with Crippen LogP contribution in [0.3, 0.4) is 0 Å².